The van der Waals surface area contributed by atoms with Gasteiger partial charge in [0.25, 0.3) is 0 Å². The summed E-state index contributed by atoms with van der Waals surface area (Å²) in [5.74, 6) is 2.82. The predicted molar refractivity (Wildman–Crippen MR) is 137 cm³/mol. The minimum absolute atomic E-state index is 0.403. The summed E-state index contributed by atoms with van der Waals surface area (Å²) in [6.07, 6.45) is 2.36. The van der Waals surface area contributed by atoms with E-state index in [9.17, 15) is 0 Å². The maximum Gasteiger partial charge on any atom is 0.149 e. The van der Waals surface area contributed by atoms with Gasteiger partial charge in [0.05, 0.1) is 12.3 Å². The third kappa shape index (κ3) is 6.48. The van der Waals surface area contributed by atoms with E-state index in [1.54, 1.807) is 0 Å². The monoisotopic (exact) mass is 460 g/mol. The van der Waals surface area contributed by atoms with Gasteiger partial charge in [-0.2, -0.15) is 0 Å². The molecule has 180 valence electrons. The van der Waals surface area contributed by atoms with Gasteiger partial charge in [-0.3, -0.25) is 0 Å². The number of nitrogens with one attached hydrogen (secondary N) is 1. The molecule has 0 bridgehead atoms. The standard InChI is InChI=1S/C28H36N4O2/c1-20(2)18-33-24-12-13-25(26(16-24)34-19-22-9-6-5-7-10-22)28-21(3)15-27(30-31-28)29-23-11-8-14-32(4)17-23/h5-7,9-10,12-13,15-16,20,23H,8,11,14,17-19H2,1-4H3,(H,29,30)/t23-/m1/s1. The highest BCUT2D eigenvalue weighted by Gasteiger charge is 2.19. The van der Waals surface area contributed by atoms with Crippen LogP contribution in [0.3, 0.4) is 0 Å². The third-order valence-corrected chi connectivity index (χ3v) is 5.99. The molecular weight excluding hydrogens is 424 g/mol. The Morgan fingerprint density at radius 1 is 1.06 bits per heavy atom. The lowest BCUT2D eigenvalue weighted by atomic mass is 10.0. The van der Waals surface area contributed by atoms with E-state index in [4.69, 9.17) is 9.47 Å². The van der Waals surface area contributed by atoms with Crippen LogP contribution in [0.2, 0.25) is 0 Å². The Bertz CT molecular complexity index is 1070. The Balaban J connectivity index is 1.57. The molecule has 6 heteroatoms. The zero-order chi connectivity index (χ0) is 23.9. The van der Waals surface area contributed by atoms with Gasteiger partial charge < -0.3 is 19.7 Å². The molecule has 1 atom stereocenters. The van der Waals surface area contributed by atoms with Gasteiger partial charge in [-0.15, -0.1) is 10.2 Å². The zero-order valence-electron chi connectivity index (χ0n) is 20.8. The summed E-state index contributed by atoms with van der Waals surface area (Å²) in [4.78, 5) is 2.36. The first-order chi connectivity index (χ1) is 16.5. The molecule has 0 amide bonds. The van der Waals surface area contributed by atoms with Crippen LogP contribution in [0.1, 0.15) is 37.8 Å². The maximum atomic E-state index is 6.27. The van der Waals surface area contributed by atoms with Crippen LogP contribution in [-0.4, -0.2) is 47.9 Å². The second kappa shape index (κ2) is 11.3. The molecule has 3 aromatic rings. The molecule has 2 heterocycles. The molecule has 1 aliphatic heterocycles. The van der Waals surface area contributed by atoms with Gasteiger partial charge in [0, 0.05) is 24.2 Å². The Hall–Kier alpha value is -3.12. The Kier molecular flexibility index (Phi) is 8.01. The van der Waals surface area contributed by atoms with Gasteiger partial charge in [0.2, 0.25) is 0 Å². The van der Waals surface area contributed by atoms with Crippen molar-refractivity contribution in [3.63, 3.8) is 0 Å². The van der Waals surface area contributed by atoms with Crippen molar-refractivity contribution in [2.24, 2.45) is 5.92 Å². The van der Waals surface area contributed by atoms with Crippen molar-refractivity contribution in [3.05, 3.63) is 65.7 Å². The van der Waals surface area contributed by atoms with Crippen LogP contribution < -0.4 is 14.8 Å². The average molecular weight is 461 g/mol. The van der Waals surface area contributed by atoms with Gasteiger partial charge in [-0.25, -0.2) is 0 Å². The number of aromatic nitrogens is 2. The Morgan fingerprint density at radius 2 is 1.88 bits per heavy atom. The third-order valence-electron chi connectivity index (χ3n) is 5.99. The summed E-state index contributed by atoms with van der Waals surface area (Å²) < 4.78 is 12.2. The molecule has 0 unspecified atom stereocenters. The van der Waals surface area contributed by atoms with E-state index in [1.807, 2.05) is 36.4 Å². The van der Waals surface area contributed by atoms with Gasteiger partial charge in [-0.1, -0.05) is 44.2 Å². The first kappa shape index (κ1) is 24.0. The SMILES string of the molecule is Cc1cc(N[C@@H]2CCCN(C)C2)nnc1-c1ccc(OCC(C)C)cc1OCc1ccccc1. The number of piperidine rings is 1. The van der Waals surface area contributed by atoms with E-state index in [0.29, 0.717) is 25.2 Å². The van der Waals surface area contributed by atoms with Crippen LogP contribution in [0, 0.1) is 12.8 Å². The number of anilines is 1. The van der Waals surface area contributed by atoms with Crippen molar-refractivity contribution >= 4 is 5.82 Å². The molecular formula is C28H36N4O2. The quantitative estimate of drug-likeness (QED) is 0.450. The summed E-state index contributed by atoms with van der Waals surface area (Å²) in [6, 6.07) is 18.6. The minimum atomic E-state index is 0.403. The molecule has 1 saturated heterocycles. The smallest absolute Gasteiger partial charge is 0.149 e. The first-order valence-corrected chi connectivity index (χ1v) is 12.2. The van der Waals surface area contributed by atoms with E-state index in [0.717, 1.165) is 59.2 Å². The van der Waals surface area contributed by atoms with Crippen molar-refractivity contribution in [2.75, 3.05) is 32.1 Å². The largest absolute Gasteiger partial charge is 0.493 e. The van der Waals surface area contributed by atoms with Crippen LogP contribution >= 0.6 is 0 Å². The van der Waals surface area contributed by atoms with Crippen molar-refractivity contribution in [2.45, 2.75) is 46.3 Å². The molecule has 1 N–H and O–H groups in total. The molecule has 6 nitrogen and oxygen atoms in total. The zero-order valence-corrected chi connectivity index (χ0v) is 20.8. The Labute approximate surface area is 203 Å². The molecule has 0 aliphatic carbocycles. The second-order valence-corrected chi connectivity index (χ2v) is 9.64. The molecule has 1 fully saturated rings. The van der Waals surface area contributed by atoms with Crippen LogP contribution in [0.25, 0.3) is 11.3 Å². The van der Waals surface area contributed by atoms with Crippen LogP contribution in [0.5, 0.6) is 11.5 Å². The topological polar surface area (TPSA) is 59.5 Å². The molecule has 0 saturated carbocycles. The summed E-state index contributed by atoms with van der Waals surface area (Å²) in [5.41, 5.74) is 3.91. The highest BCUT2D eigenvalue weighted by atomic mass is 16.5. The van der Waals surface area contributed by atoms with Crippen molar-refractivity contribution in [1.82, 2.24) is 15.1 Å². The van der Waals surface area contributed by atoms with E-state index in [1.165, 1.54) is 6.42 Å². The lowest BCUT2D eigenvalue weighted by molar-refractivity contribution is 0.260. The lowest BCUT2D eigenvalue weighted by Gasteiger charge is -2.30. The fourth-order valence-corrected chi connectivity index (χ4v) is 4.22. The number of benzene rings is 2. The van der Waals surface area contributed by atoms with Crippen molar-refractivity contribution < 1.29 is 9.47 Å². The highest BCUT2D eigenvalue weighted by molar-refractivity contribution is 5.71. The predicted octanol–water partition coefficient (Wildman–Crippen LogP) is 5.57. The number of aryl methyl sites for hydroxylation is 1. The molecule has 34 heavy (non-hydrogen) atoms. The average Bonchev–Trinajstić information content (AvgIpc) is 2.82. The van der Waals surface area contributed by atoms with Gasteiger partial charge in [0.15, 0.2) is 0 Å². The van der Waals surface area contributed by atoms with Gasteiger partial charge >= 0.3 is 0 Å². The summed E-state index contributed by atoms with van der Waals surface area (Å²) in [5, 5.41) is 12.7. The molecule has 2 aromatic carbocycles. The van der Waals surface area contributed by atoms with E-state index < -0.39 is 0 Å². The van der Waals surface area contributed by atoms with Gasteiger partial charge in [-0.05, 0) is 68.6 Å². The van der Waals surface area contributed by atoms with Crippen LogP contribution in [0.4, 0.5) is 5.82 Å². The molecule has 1 aliphatic rings. The van der Waals surface area contributed by atoms with E-state index >= 15 is 0 Å². The number of hydrogen-bond donors (Lipinski definition) is 1. The number of likely N-dealkylation sites (tertiary alicyclic amines) is 1. The van der Waals surface area contributed by atoms with Crippen molar-refractivity contribution in [1.29, 1.82) is 0 Å². The van der Waals surface area contributed by atoms with Crippen LogP contribution in [0.15, 0.2) is 54.6 Å². The second-order valence-electron chi connectivity index (χ2n) is 9.64. The van der Waals surface area contributed by atoms with Crippen molar-refractivity contribution in [3.8, 4) is 22.8 Å². The number of rotatable bonds is 9. The molecule has 0 radical (unpaired) electrons. The fraction of sp³-hybridized carbons (Fsp3) is 0.429. The summed E-state index contributed by atoms with van der Waals surface area (Å²) in [6.45, 7) is 9.67. The summed E-state index contributed by atoms with van der Waals surface area (Å²) >= 11 is 0. The number of hydrogen-bond acceptors (Lipinski definition) is 6. The fourth-order valence-electron chi connectivity index (χ4n) is 4.22. The van der Waals surface area contributed by atoms with E-state index in [-0.39, 0.29) is 0 Å². The normalized spacial score (nSPS) is 16.4. The Morgan fingerprint density at radius 3 is 2.62 bits per heavy atom. The molecule has 0 spiro atoms. The maximum absolute atomic E-state index is 6.27. The number of likely N-dealkylation sites (N-methyl/N-ethyl adjacent to an activating group) is 1. The number of ether oxygens (including phenoxy) is 2. The lowest BCUT2D eigenvalue weighted by Crippen LogP contribution is -2.39. The first-order valence-electron chi connectivity index (χ1n) is 12.2. The number of nitrogens with zero attached hydrogens (tertiary/aromatic N) is 3. The van der Waals surface area contributed by atoms with Crippen LogP contribution in [-0.2, 0) is 6.61 Å². The molecule has 4 rings (SSSR count). The van der Waals surface area contributed by atoms with E-state index in [2.05, 4.69) is 66.4 Å². The molecule has 1 aromatic heterocycles. The van der Waals surface area contributed by atoms with Gasteiger partial charge in [0.1, 0.15) is 23.9 Å². The minimum Gasteiger partial charge on any atom is -0.493 e. The highest BCUT2D eigenvalue weighted by Crippen LogP contribution is 2.35. The summed E-state index contributed by atoms with van der Waals surface area (Å²) in [7, 11) is 2.17.